The van der Waals surface area contributed by atoms with Crippen molar-refractivity contribution in [3.8, 4) is 0 Å². The van der Waals surface area contributed by atoms with Gasteiger partial charge in [-0.25, -0.2) is 0 Å². The number of rotatable bonds is 3. The summed E-state index contributed by atoms with van der Waals surface area (Å²) in [5, 5.41) is 0. The average molecular weight is 252 g/mol. The molecule has 0 aliphatic carbocycles. The van der Waals surface area contributed by atoms with Gasteiger partial charge < -0.3 is 0 Å². The van der Waals surface area contributed by atoms with E-state index in [1.54, 1.807) is 0 Å². The van der Waals surface area contributed by atoms with Crippen molar-refractivity contribution in [2.24, 2.45) is 0 Å². The summed E-state index contributed by atoms with van der Waals surface area (Å²) >= 11 is 0. The van der Waals surface area contributed by atoms with Crippen LogP contribution in [0.1, 0.15) is 40.9 Å². The molecule has 0 aliphatic rings. The summed E-state index contributed by atoms with van der Waals surface area (Å²) in [5.41, 5.74) is 3.72. The van der Waals surface area contributed by atoms with Crippen LogP contribution in [0.25, 0.3) is 0 Å². The second-order valence-electron chi connectivity index (χ2n) is 5.69. The number of Topliss-reactive ketones (excluding diaryl/α,β-unsaturated/α-hetero) is 1. The number of ketones is 1. The molecular weight excluding hydrogens is 232 g/mol. The molecule has 2 rings (SSSR count). The van der Waals surface area contributed by atoms with Crippen LogP contribution >= 0.6 is 0 Å². The summed E-state index contributed by atoms with van der Waals surface area (Å²) in [6, 6.07) is 16.0. The maximum Gasteiger partial charge on any atom is 0.172 e. The van der Waals surface area contributed by atoms with Crippen molar-refractivity contribution < 1.29 is 4.79 Å². The zero-order valence-corrected chi connectivity index (χ0v) is 12.0. The monoisotopic (exact) mass is 252 g/mol. The SMILES string of the molecule is Cc1ccc(C(=O)C(C)(C)c2ccc(C)cc2)cc1. The van der Waals surface area contributed by atoms with E-state index in [9.17, 15) is 4.79 Å². The smallest absolute Gasteiger partial charge is 0.172 e. The third-order valence-electron chi connectivity index (χ3n) is 3.65. The first-order valence-electron chi connectivity index (χ1n) is 6.60. The van der Waals surface area contributed by atoms with E-state index in [1.807, 2.05) is 57.2 Å². The van der Waals surface area contributed by atoms with Crippen LogP contribution in [0.5, 0.6) is 0 Å². The quantitative estimate of drug-likeness (QED) is 0.737. The zero-order chi connectivity index (χ0) is 14.0. The molecule has 1 nitrogen and oxygen atoms in total. The van der Waals surface area contributed by atoms with E-state index in [0.717, 1.165) is 11.1 Å². The van der Waals surface area contributed by atoms with Crippen molar-refractivity contribution in [1.29, 1.82) is 0 Å². The van der Waals surface area contributed by atoms with Gasteiger partial charge in [0.2, 0.25) is 0 Å². The lowest BCUT2D eigenvalue weighted by Gasteiger charge is -2.24. The first-order valence-corrected chi connectivity index (χ1v) is 6.60. The molecule has 0 aromatic heterocycles. The van der Waals surface area contributed by atoms with Gasteiger partial charge in [0, 0.05) is 5.56 Å². The van der Waals surface area contributed by atoms with Crippen LogP contribution in [0.2, 0.25) is 0 Å². The van der Waals surface area contributed by atoms with Gasteiger partial charge in [-0.05, 0) is 33.3 Å². The van der Waals surface area contributed by atoms with Gasteiger partial charge in [0.1, 0.15) is 0 Å². The molecule has 2 aromatic carbocycles. The average Bonchev–Trinajstić information content (AvgIpc) is 2.39. The lowest BCUT2D eigenvalue weighted by molar-refractivity contribution is 0.0908. The Hall–Kier alpha value is -1.89. The van der Waals surface area contributed by atoms with E-state index in [2.05, 4.69) is 19.1 Å². The number of benzene rings is 2. The van der Waals surface area contributed by atoms with Crippen molar-refractivity contribution in [3.63, 3.8) is 0 Å². The minimum absolute atomic E-state index is 0.163. The molecule has 0 bridgehead atoms. The molecule has 0 aliphatic heterocycles. The Labute approximate surface area is 115 Å². The van der Waals surface area contributed by atoms with E-state index in [1.165, 1.54) is 11.1 Å². The maximum atomic E-state index is 12.7. The lowest BCUT2D eigenvalue weighted by Crippen LogP contribution is -2.29. The van der Waals surface area contributed by atoms with E-state index >= 15 is 0 Å². The van der Waals surface area contributed by atoms with Gasteiger partial charge in [0.05, 0.1) is 5.41 Å². The third-order valence-corrected chi connectivity index (χ3v) is 3.65. The molecule has 0 spiro atoms. The van der Waals surface area contributed by atoms with Crippen LogP contribution in [0.3, 0.4) is 0 Å². The van der Waals surface area contributed by atoms with Crippen molar-refractivity contribution in [3.05, 3.63) is 70.8 Å². The molecule has 0 heterocycles. The Morgan fingerprint density at radius 1 is 0.789 bits per heavy atom. The topological polar surface area (TPSA) is 17.1 Å². The summed E-state index contributed by atoms with van der Waals surface area (Å²) in [6.45, 7) is 8.05. The van der Waals surface area contributed by atoms with Crippen LogP contribution in [-0.2, 0) is 5.41 Å². The van der Waals surface area contributed by atoms with Gasteiger partial charge >= 0.3 is 0 Å². The highest BCUT2D eigenvalue weighted by Gasteiger charge is 2.30. The van der Waals surface area contributed by atoms with Gasteiger partial charge in [0.15, 0.2) is 5.78 Å². The fraction of sp³-hybridized carbons (Fsp3) is 0.278. The number of hydrogen-bond donors (Lipinski definition) is 0. The summed E-state index contributed by atoms with van der Waals surface area (Å²) in [5.74, 6) is 0.163. The molecule has 0 saturated heterocycles. The van der Waals surface area contributed by atoms with Crippen molar-refractivity contribution >= 4 is 5.78 Å². The van der Waals surface area contributed by atoms with Crippen LogP contribution in [0.4, 0.5) is 0 Å². The molecule has 0 radical (unpaired) electrons. The first-order chi connectivity index (χ1) is 8.91. The number of carbonyl (C=O) groups is 1. The van der Waals surface area contributed by atoms with E-state index in [4.69, 9.17) is 0 Å². The Kier molecular flexibility index (Phi) is 3.57. The molecule has 0 amide bonds. The Balaban J connectivity index is 2.35. The van der Waals surface area contributed by atoms with Gasteiger partial charge in [-0.15, -0.1) is 0 Å². The molecule has 0 saturated carbocycles. The van der Waals surface area contributed by atoms with Crippen LogP contribution in [0.15, 0.2) is 48.5 Å². The zero-order valence-electron chi connectivity index (χ0n) is 12.0. The minimum atomic E-state index is -0.497. The Morgan fingerprint density at radius 3 is 1.68 bits per heavy atom. The normalized spacial score (nSPS) is 11.4. The molecular formula is C18H20O. The number of carbonyl (C=O) groups excluding carboxylic acids is 1. The maximum absolute atomic E-state index is 12.7. The summed E-state index contributed by atoms with van der Waals surface area (Å²) in [7, 11) is 0. The summed E-state index contributed by atoms with van der Waals surface area (Å²) in [4.78, 5) is 12.7. The molecule has 0 fully saturated rings. The fourth-order valence-electron chi connectivity index (χ4n) is 2.17. The largest absolute Gasteiger partial charge is 0.293 e. The van der Waals surface area contributed by atoms with Crippen LogP contribution in [-0.4, -0.2) is 5.78 Å². The van der Waals surface area contributed by atoms with Gasteiger partial charge in [0.25, 0.3) is 0 Å². The molecule has 1 heteroatoms. The minimum Gasteiger partial charge on any atom is -0.293 e. The van der Waals surface area contributed by atoms with E-state index < -0.39 is 5.41 Å². The second kappa shape index (κ2) is 5.00. The van der Waals surface area contributed by atoms with Gasteiger partial charge in [-0.3, -0.25) is 4.79 Å². The van der Waals surface area contributed by atoms with Crippen molar-refractivity contribution in [1.82, 2.24) is 0 Å². The van der Waals surface area contributed by atoms with Crippen LogP contribution in [0, 0.1) is 13.8 Å². The second-order valence-corrected chi connectivity index (χ2v) is 5.69. The summed E-state index contributed by atoms with van der Waals surface area (Å²) in [6.07, 6.45) is 0. The molecule has 19 heavy (non-hydrogen) atoms. The highest BCUT2D eigenvalue weighted by atomic mass is 16.1. The van der Waals surface area contributed by atoms with Crippen molar-refractivity contribution in [2.75, 3.05) is 0 Å². The molecule has 0 N–H and O–H groups in total. The Bertz CT molecular complexity index is 574. The van der Waals surface area contributed by atoms with Gasteiger partial charge in [-0.2, -0.15) is 0 Å². The van der Waals surface area contributed by atoms with E-state index in [0.29, 0.717) is 0 Å². The lowest BCUT2D eigenvalue weighted by atomic mass is 9.78. The predicted octanol–water partition coefficient (Wildman–Crippen LogP) is 4.46. The molecule has 0 atom stereocenters. The highest BCUT2D eigenvalue weighted by molar-refractivity contribution is 6.03. The highest BCUT2D eigenvalue weighted by Crippen LogP contribution is 2.28. The van der Waals surface area contributed by atoms with E-state index in [-0.39, 0.29) is 5.78 Å². The predicted molar refractivity (Wildman–Crippen MR) is 79.7 cm³/mol. The standard InChI is InChI=1S/C18H20O/c1-13-5-9-15(10-6-13)17(19)18(3,4)16-11-7-14(2)8-12-16/h5-12H,1-4H3. The third kappa shape index (κ3) is 2.76. The molecule has 98 valence electrons. The Morgan fingerprint density at radius 2 is 1.21 bits per heavy atom. The number of aryl methyl sites for hydroxylation is 2. The number of hydrogen-bond acceptors (Lipinski definition) is 1. The van der Waals surface area contributed by atoms with Crippen molar-refractivity contribution in [2.45, 2.75) is 33.1 Å². The first kappa shape index (κ1) is 13.5. The molecule has 0 unspecified atom stereocenters. The fourth-order valence-corrected chi connectivity index (χ4v) is 2.17. The van der Waals surface area contributed by atoms with Crippen LogP contribution < -0.4 is 0 Å². The van der Waals surface area contributed by atoms with Gasteiger partial charge in [-0.1, -0.05) is 59.7 Å². The molecule has 2 aromatic rings. The summed E-state index contributed by atoms with van der Waals surface area (Å²) < 4.78 is 0.